The number of Topliss-reactive ketones (excluding diaryl/α,β-unsaturated/α-hetero) is 2. The molecule has 13 nitrogen and oxygen atoms in total. The molecule has 308 valence electrons. The molecule has 0 bridgehead atoms. The van der Waals surface area contributed by atoms with Crippen LogP contribution in [0.5, 0.6) is 0 Å². The number of methoxy groups -OCH3 is 1. The molecule has 3 aliphatic heterocycles. The molecule has 0 radical (unpaired) electrons. The van der Waals surface area contributed by atoms with Crippen molar-refractivity contribution in [1.82, 2.24) is 0 Å². The van der Waals surface area contributed by atoms with Crippen LogP contribution in [0.3, 0.4) is 0 Å². The highest BCUT2D eigenvalue weighted by atomic mass is 16.7. The van der Waals surface area contributed by atoms with Crippen LogP contribution in [0.15, 0.2) is 11.1 Å². The Labute approximate surface area is 320 Å². The third kappa shape index (κ3) is 11.7. The number of hydrogen-bond donors (Lipinski definition) is 3. The Kier molecular flexibility index (Phi) is 17.0. The summed E-state index contributed by atoms with van der Waals surface area (Å²) in [5.41, 5.74) is -0.403. The third-order valence-corrected chi connectivity index (χ3v) is 12.1. The van der Waals surface area contributed by atoms with E-state index in [9.17, 15) is 39.3 Å². The van der Waals surface area contributed by atoms with Crippen molar-refractivity contribution in [1.29, 1.82) is 0 Å². The predicted molar refractivity (Wildman–Crippen MR) is 197 cm³/mol. The lowest BCUT2D eigenvalue weighted by Crippen LogP contribution is -2.53. The molecule has 0 amide bonds. The second-order valence-electron chi connectivity index (χ2n) is 16.8. The summed E-state index contributed by atoms with van der Waals surface area (Å²) in [7, 11) is 1.32. The van der Waals surface area contributed by atoms with Gasteiger partial charge in [0.05, 0.1) is 42.5 Å². The molecule has 0 saturated carbocycles. The van der Waals surface area contributed by atoms with E-state index in [0.717, 1.165) is 38.5 Å². The fraction of sp³-hybridized carbons (Fsp3) is 0.829. The van der Waals surface area contributed by atoms with Gasteiger partial charge in [-0.05, 0) is 76.0 Å². The second kappa shape index (κ2) is 20.0. The maximum absolute atomic E-state index is 13.3. The highest BCUT2D eigenvalue weighted by molar-refractivity contribution is 6.12. The normalized spacial score (nSPS) is 29.3. The van der Waals surface area contributed by atoms with Gasteiger partial charge in [0.25, 0.3) is 0 Å². The summed E-state index contributed by atoms with van der Waals surface area (Å²) in [5.74, 6) is -4.07. The molecule has 1 spiro atoms. The lowest BCUT2D eigenvalue weighted by molar-refractivity contribution is -0.338. The van der Waals surface area contributed by atoms with E-state index in [1.807, 2.05) is 6.92 Å². The zero-order valence-electron chi connectivity index (χ0n) is 34.0. The van der Waals surface area contributed by atoms with Gasteiger partial charge in [0.15, 0.2) is 5.79 Å². The van der Waals surface area contributed by atoms with Crippen LogP contribution in [0.2, 0.25) is 0 Å². The van der Waals surface area contributed by atoms with Crippen LogP contribution in [0.1, 0.15) is 127 Å². The molecular weight excluding hydrogens is 700 g/mol. The average molecular weight is 767 g/mol. The number of cyclic esters (lactones) is 2. The third-order valence-electron chi connectivity index (χ3n) is 12.1. The maximum Gasteiger partial charge on any atom is 0.345 e. The summed E-state index contributed by atoms with van der Waals surface area (Å²) < 4.78 is 29.1. The van der Waals surface area contributed by atoms with Gasteiger partial charge in [-0.1, -0.05) is 48.5 Å². The lowest BCUT2D eigenvalue weighted by atomic mass is 9.79. The number of hydrogen-bond acceptors (Lipinski definition) is 13. The van der Waals surface area contributed by atoms with Crippen molar-refractivity contribution in [2.75, 3.05) is 7.11 Å². The van der Waals surface area contributed by atoms with Gasteiger partial charge in [-0.2, -0.15) is 0 Å². The van der Waals surface area contributed by atoms with Gasteiger partial charge in [0.1, 0.15) is 23.8 Å². The fourth-order valence-corrected chi connectivity index (χ4v) is 8.02. The van der Waals surface area contributed by atoms with Crippen molar-refractivity contribution < 1.29 is 63.0 Å². The minimum Gasteiger partial charge on any atom is -0.459 e. The van der Waals surface area contributed by atoms with Gasteiger partial charge < -0.3 is 39.0 Å². The van der Waals surface area contributed by atoms with Crippen molar-refractivity contribution in [2.45, 2.75) is 175 Å². The van der Waals surface area contributed by atoms with Gasteiger partial charge in [0, 0.05) is 43.8 Å². The molecule has 13 heteroatoms. The number of esters is 3. The Morgan fingerprint density at radius 3 is 2.04 bits per heavy atom. The van der Waals surface area contributed by atoms with Crippen molar-refractivity contribution >= 4 is 29.5 Å². The van der Waals surface area contributed by atoms with Crippen LogP contribution in [0, 0.1) is 35.5 Å². The Morgan fingerprint density at radius 1 is 0.852 bits per heavy atom. The van der Waals surface area contributed by atoms with Crippen molar-refractivity contribution in [2.24, 2.45) is 35.5 Å². The van der Waals surface area contributed by atoms with Gasteiger partial charge in [0.2, 0.25) is 0 Å². The van der Waals surface area contributed by atoms with Crippen molar-refractivity contribution in [3.63, 3.8) is 0 Å². The molecule has 3 aliphatic rings. The molecule has 13 atom stereocenters. The van der Waals surface area contributed by atoms with Gasteiger partial charge in [-0.15, -0.1) is 0 Å². The zero-order valence-corrected chi connectivity index (χ0v) is 34.0. The molecule has 0 aromatic heterocycles. The van der Waals surface area contributed by atoms with Crippen LogP contribution in [0.4, 0.5) is 0 Å². The average Bonchev–Trinajstić information content (AvgIpc) is 3.37. The standard InChI is InChI=1S/C41H66O13/c1-21(2)36(51-34(47)20-31(45)35-27(8)39(48)52-40(35)49)38(50-10)32(46)19-30(44)26(7)29(43)13-11-24(5)37-25(6)16-18-41(54-37)17-15-23(4)33(53-41)14-12-22(3)28(9)42/h21-26,29,31-33,36-38,43,45-46H,11-20H2,1-10H3/t22-,23?,24-,25+,26+,29+,31-,32-,33+,36-,37?,38-,41+/m1/s1. The molecule has 54 heavy (non-hydrogen) atoms. The number of rotatable bonds is 20. The summed E-state index contributed by atoms with van der Waals surface area (Å²) in [5, 5.41) is 32.7. The van der Waals surface area contributed by atoms with Crippen LogP contribution in [-0.4, -0.2) is 100 Å². The molecule has 2 unspecified atom stereocenters. The summed E-state index contributed by atoms with van der Waals surface area (Å²) in [6.45, 7) is 16.5. The van der Waals surface area contributed by atoms with E-state index >= 15 is 0 Å². The van der Waals surface area contributed by atoms with E-state index in [0.29, 0.717) is 18.8 Å². The molecular formula is C41H66O13. The maximum atomic E-state index is 13.3. The number of ketones is 2. The van der Waals surface area contributed by atoms with E-state index in [4.69, 9.17) is 18.9 Å². The Morgan fingerprint density at radius 2 is 1.48 bits per heavy atom. The molecule has 3 N–H and O–H groups in total. The number of carbonyl (C=O) groups excluding carboxylic acids is 5. The highest BCUT2D eigenvalue weighted by Gasteiger charge is 2.48. The monoisotopic (exact) mass is 766 g/mol. The van der Waals surface area contributed by atoms with Crippen molar-refractivity contribution in [3.8, 4) is 0 Å². The molecule has 3 heterocycles. The predicted octanol–water partition coefficient (Wildman–Crippen LogP) is 4.79. The summed E-state index contributed by atoms with van der Waals surface area (Å²) in [4.78, 5) is 61.6. The first-order chi connectivity index (χ1) is 25.2. The second-order valence-corrected chi connectivity index (χ2v) is 16.8. The van der Waals surface area contributed by atoms with E-state index in [-0.39, 0.29) is 65.0 Å². The Bertz CT molecular complexity index is 1350. The summed E-state index contributed by atoms with van der Waals surface area (Å²) >= 11 is 0. The largest absolute Gasteiger partial charge is 0.459 e. The van der Waals surface area contributed by atoms with Gasteiger partial charge >= 0.3 is 17.9 Å². The van der Waals surface area contributed by atoms with E-state index in [2.05, 4.69) is 25.5 Å². The molecule has 2 fully saturated rings. The number of aliphatic hydroxyl groups excluding tert-OH is 3. The quantitative estimate of drug-likeness (QED) is 0.113. The van der Waals surface area contributed by atoms with E-state index in [1.165, 1.54) is 14.0 Å². The molecule has 0 aromatic carbocycles. The summed E-state index contributed by atoms with van der Waals surface area (Å²) in [6, 6.07) is 0. The SMILES string of the molecule is CO[C@H]([C@H](O)CC(=O)[C@@H](C)[C@@H](O)CC[C@@H](C)C1O[C@@]2(CCC(C)[C@H](CC[C@@H](C)C(C)=O)O2)CC[C@@H]1C)[C@H](OC(=O)C[C@@H](O)C1=C(C)C(=O)OC1=O)C(C)C. The van der Waals surface area contributed by atoms with Crippen LogP contribution in [0.25, 0.3) is 0 Å². The first-order valence-corrected chi connectivity index (χ1v) is 19.8. The van der Waals surface area contributed by atoms with Crippen LogP contribution >= 0.6 is 0 Å². The molecule has 3 rings (SSSR count). The number of aliphatic hydroxyl groups is 3. The lowest BCUT2D eigenvalue weighted by Gasteiger charge is -2.51. The topological polar surface area (TPSA) is 192 Å². The molecule has 0 aromatic rings. The Balaban J connectivity index is 1.54. The first kappa shape index (κ1) is 45.8. The van der Waals surface area contributed by atoms with Crippen molar-refractivity contribution in [3.05, 3.63) is 11.1 Å². The number of ether oxygens (including phenoxy) is 5. The smallest absolute Gasteiger partial charge is 0.345 e. The molecule has 2 saturated heterocycles. The minimum absolute atomic E-state index is 0.00210. The van der Waals surface area contributed by atoms with Crippen LogP contribution < -0.4 is 0 Å². The van der Waals surface area contributed by atoms with Crippen LogP contribution in [-0.2, 0) is 47.7 Å². The summed E-state index contributed by atoms with van der Waals surface area (Å²) in [6.07, 6.45) is -1.03. The fourth-order valence-electron chi connectivity index (χ4n) is 8.02. The van der Waals surface area contributed by atoms with E-state index in [1.54, 1.807) is 27.7 Å². The first-order valence-electron chi connectivity index (χ1n) is 19.8. The van der Waals surface area contributed by atoms with Gasteiger partial charge in [-0.3, -0.25) is 14.4 Å². The number of carbonyl (C=O) groups is 5. The molecule has 0 aliphatic carbocycles. The minimum atomic E-state index is -1.63. The Hall–Kier alpha value is -2.55. The highest BCUT2D eigenvalue weighted by Crippen LogP contribution is 2.45. The zero-order chi connectivity index (χ0) is 40.7. The van der Waals surface area contributed by atoms with Gasteiger partial charge in [-0.25, -0.2) is 9.59 Å². The van der Waals surface area contributed by atoms with E-state index < -0.39 is 66.6 Å².